The third kappa shape index (κ3) is 2.13. The van der Waals surface area contributed by atoms with Crippen molar-refractivity contribution in [2.75, 3.05) is 7.11 Å². The fourth-order valence-corrected chi connectivity index (χ4v) is 1.08. The van der Waals surface area contributed by atoms with Crippen molar-refractivity contribution in [2.45, 2.75) is 13.0 Å². The van der Waals surface area contributed by atoms with Crippen molar-refractivity contribution in [1.29, 1.82) is 0 Å². The van der Waals surface area contributed by atoms with Gasteiger partial charge < -0.3 is 4.74 Å². The Balaban J connectivity index is 2.77. The summed E-state index contributed by atoms with van der Waals surface area (Å²) in [6, 6.07) is 7.97. The highest BCUT2D eigenvalue weighted by Crippen LogP contribution is 2.17. The van der Waals surface area contributed by atoms with E-state index in [1.807, 2.05) is 31.2 Å². The third-order valence-corrected chi connectivity index (χ3v) is 2.11. The maximum absolute atomic E-state index is 5.48. The van der Waals surface area contributed by atoms with Crippen LogP contribution in [0.5, 0.6) is 5.75 Å². The van der Waals surface area contributed by atoms with Crippen LogP contribution in [-0.2, 0) is 0 Å². The topological polar surface area (TPSA) is 21.3 Å². The van der Waals surface area contributed by atoms with Gasteiger partial charge in [-0.2, -0.15) is 0 Å². The Hall–Kier alpha value is -0.730. The van der Waals surface area contributed by atoms with E-state index in [2.05, 4.69) is 4.84 Å². The molecule has 1 aromatic rings. The van der Waals surface area contributed by atoms with Crippen LogP contribution in [0.15, 0.2) is 24.3 Å². The van der Waals surface area contributed by atoms with E-state index in [0.29, 0.717) is 0 Å². The molecule has 0 radical (unpaired) electrons. The van der Waals surface area contributed by atoms with E-state index in [9.17, 15) is 0 Å². The summed E-state index contributed by atoms with van der Waals surface area (Å²) in [7, 11) is 1.65. The van der Waals surface area contributed by atoms with Gasteiger partial charge in [0, 0.05) is 6.04 Å². The van der Waals surface area contributed by atoms with Crippen LogP contribution in [0, 0.1) is 0 Å². The van der Waals surface area contributed by atoms with E-state index < -0.39 is 0 Å². The maximum atomic E-state index is 5.48. The van der Waals surface area contributed by atoms with Crippen molar-refractivity contribution in [3.05, 3.63) is 29.8 Å². The molecule has 0 spiro atoms. The second-order valence-electron chi connectivity index (χ2n) is 2.60. The lowest BCUT2D eigenvalue weighted by Gasteiger charge is -2.08. The summed E-state index contributed by atoms with van der Waals surface area (Å²) in [5, 5.41) is 0. The van der Waals surface area contributed by atoms with Crippen LogP contribution in [0.25, 0.3) is 0 Å². The normalized spacial score (nSPS) is 12.6. The largest absolute Gasteiger partial charge is 0.497 e. The lowest BCUT2D eigenvalue weighted by molar-refractivity contribution is 0.414. The first kappa shape index (κ1) is 9.36. The summed E-state index contributed by atoms with van der Waals surface area (Å²) in [4.78, 5) is 2.65. The fourth-order valence-electron chi connectivity index (χ4n) is 0.956. The molecule has 1 N–H and O–H groups in total. The zero-order valence-electron chi connectivity index (χ0n) is 7.17. The molecule has 0 amide bonds. The molecule has 1 rings (SSSR count). The molecule has 2 nitrogen and oxygen atoms in total. The standard InChI is InChI=1S/C9H12ClNO/c1-7(11-10)8-3-5-9(12-2)6-4-8/h3-7,11H,1-2H3/t7-/m0/s1. The second-order valence-corrected chi connectivity index (χ2v) is 2.82. The zero-order chi connectivity index (χ0) is 8.97. The van der Waals surface area contributed by atoms with Crippen LogP contribution < -0.4 is 9.57 Å². The average Bonchev–Trinajstić information content (AvgIpc) is 2.17. The third-order valence-electron chi connectivity index (χ3n) is 1.78. The van der Waals surface area contributed by atoms with Crippen molar-refractivity contribution in [3.8, 4) is 5.75 Å². The molecule has 3 heteroatoms. The predicted molar refractivity (Wildman–Crippen MR) is 50.4 cm³/mol. The number of ether oxygens (including phenoxy) is 1. The molecular formula is C9H12ClNO. The minimum atomic E-state index is 0.164. The van der Waals surface area contributed by atoms with Gasteiger partial charge in [0.2, 0.25) is 0 Å². The van der Waals surface area contributed by atoms with E-state index in [-0.39, 0.29) is 6.04 Å². The number of rotatable bonds is 3. The number of hydrogen-bond acceptors (Lipinski definition) is 2. The van der Waals surface area contributed by atoms with Gasteiger partial charge in [-0.3, -0.25) is 0 Å². The molecule has 1 aromatic carbocycles. The number of halogens is 1. The quantitative estimate of drug-likeness (QED) is 0.731. The van der Waals surface area contributed by atoms with Crippen molar-refractivity contribution >= 4 is 11.8 Å². The smallest absolute Gasteiger partial charge is 0.118 e. The van der Waals surface area contributed by atoms with Gasteiger partial charge in [0.15, 0.2) is 0 Å². The Morgan fingerprint density at radius 3 is 2.33 bits per heavy atom. The van der Waals surface area contributed by atoms with Gasteiger partial charge in [0.1, 0.15) is 5.75 Å². The van der Waals surface area contributed by atoms with Crippen LogP contribution in [-0.4, -0.2) is 7.11 Å². The maximum Gasteiger partial charge on any atom is 0.118 e. The van der Waals surface area contributed by atoms with E-state index in [4.69, 9.17) is 16.5 Å². The van der Waals surface area contributed by atoms with Crippen LogP contribution in [0.2, 0.25) is 0 Å². The molecule has 1 atom stereocenters. The summed E-state index contributed by atoms with van der Waals surface area (Å²) in [5.41, 5.74) is 1.14. The van der Waals surface area contributed by atoms with Gasteiger partial charge in [-0.15, -0.1) is 0 Å². The first-order chi connectivity index (χ1) is 5.77. The van der Waals surface area contributed by atoms with Crippen molar-refractivity contribution in [3.63, 3.8) is 0 Å². The molecule has 0 aliphatic carbocycles. The van der Waals surface area contributed by atoms with Crippen molar-refractivity contribution in [1.82, 2.24) is 4.84 Å². The molecule has 0 saturated heterocycles. The average molecular weight is 186 g/mol. The molecule has 0 bridgehead atoms. The van der Waals surface area contributed by atoms with E-state index >= 15 is 0 Å². The highest BCUT2D eigenvalue weighted by molar-refractivity contribution is 6.13. The number of hydrogen-bond donors (Lipinski definition) is 1. The first-order valence-corrected chi connectivity index (χ1v) is 4.16. The molecule has 0 aliphatic rings. The van der Waals surface area contributed by atoms with E-state index in [1.54, 1.807) is 7.11 Å². The number of nitrogens with one attached hydrogen (secondary N) is 1. The van der Waals surface area contributed by atoms with Gasteiger partial charge in [-0.05, 0) is 36.4 Å². The summed E-state index contributed by atoms with van der Waals surface area (Å²) in [5.74, 6) is 0.862. The van der Waals surface area contributed by atoms with Gasteiger partial charge in [-0.1, -0.05) is 12.1 Å². The van der Waals surface area contributed by atoms with Gasteiger partial charge in [0.25, 0.3) is 0 Å². The monoisotopic (exact) mass is 185 g/mol. The Morgan fingerprint density at radius 2 is 1.92 bits per heavy atom. The SMILES string of the molecule is COc1ccc([C@H](C)NCl)cc1. The molecule has 0 aromatic heterocycles. The summed E-state index contributed by atoms with van der Waals surface area (Å²) < 4.78 is 5.03. The van der Waals surface area contributed by atoms with E-state index in [0.717, 1.165) is 11.3 Å². The van der Waals surface area contributed by atoms with Gasteiger partial charge in [0.05, 0.1) is 7.11 Å². The van der Waals surface area contributed by atoms with Crippen molar-refractivity contribution < 1.29 is 4.74 Å². The van der Waals surface area contributed by atoms with Gasteiger partial charge >= 0.3 is 0 Å². The zero-order valence-corrected chi connectivity index (χ0v) is 7.93. The minimum Gasteiger partial charge on any atom is -0.497 e. The number of benzene rings is 1. The molecule has 12 heavy (non-hydrogen) atoms. The molecule has 0 aliphatic heterocycles. The Labute approximate surface area is 77.6 Å². The lowest BCUT2D eigenvalue weighted by Crippen LogP contribution is -2.05. The van der Waals surface area contributed by atoms with Crippen LogP contribution in [0.4, 0.5) is 0 Å². The molecule has 0 fully saturated rings. The molecule has 0 unspecified atom stereocenters. The Kier molecular flexibility index (Phi) is 3.38. The molecule has 66 valence electrons. The fraction of sp³-hybridized carbons (Fsp3) is 0.333. The van der Waals surface area contributed by atoms with Crippen LogP contribution >= 0.6 is 11.8 Å². The van der Waals surface area contributed by atoms with Gasteiger partial charge in [-0.25, -0.2) is 4.84 Å². The predicted octanol–water partition coefficient (Wildman–Crippen LogP) is 2.50. The summed E-state index contributed by atoms with van der Waals surface area (Å²) in [6.45, 7) is 1.99. The highest BCUT2D eigenvalue weighted by Gasteiger charge is 2.01. The summed E-state index contributed by atoms with van der Waals surface area (Å²) in [6.07, 6.45) is 0. The molecule has 0 heterocycles. The first-order valence-electron chi connectivity index (χ1n) is 3.78. The van der Waals surface area contributed by atoms with E-state index in [1.165, 1.54) is 0 Å². The number of methoxy groups -OCH3 is 1. The second kappa shape index (κ2) is 4.33. The lowest BCUT2D eigenvalue weighted by atomic mass is 10.1. The van der Waals surface area contributed by atoms with Crippen molar-refractivity contribution in [2.24, 2.45) is 0 Å². The molecule has 0 saturated carbocycles. The van der Waals surface area contributed by atoms with Crippen LogP contribution in [0.1, 0.15) is 18.5 Å². The van der Waals surface area contributed by atoms with Crippen LogP contribution in [0.3, 0.4) is 0 Å². The minimum absolute atomic E-state index is 0.164. The Morgan fingerprint density at radius 1 is 1.33 bits per heavy atom. The highest BCUT2D eigenvalue weighted by atomic mass is 35.5. The Bertz CT molecular complexity index is 235. The summed E-state index contributed by atoms with van der Waals surface area (Å²) >= 11 is 5.48. The molecular weight excluding hydrogens is 174 g/mol.